The van der Waals surface area contributed by atoms with Crippen LogP contribution in [0.4, 0.5) is 17.2 Å². The zero-order chi connectivity index (χ0) is 20.4. The highest BCUT2D eigenvalue weighted by atomic mass is 35.5. The van der Waals surface area contributed by atoms with Crippen molar-refractivity contribution < 1.29 is 4.79 Å². The van der Waals surface area contributed by atoms with Crippen LogP contribution >= 0.6 is 11.6 Å². The van der Waals surface area contributed by atoms with Gasteiger partial charge in [-0.1, -0.05) is 35.9 Å². The molecule has 2 N–H and O–H groups in total. The van der Waals surface area contributed by atoms with Gasteiger partial charge in [0.25, 0.3) is 5.91 Å². The SMILES string of the molecule is Cc1ccccc1C(=O)Nc1ccc2nc(Nc3cccc(Cl)c3)cc(C)c2c1. The summed E-state index contributed by atoms with van der Waals surface area (Å²) in [6.45, 7) is 3.96. The molecule has 0 aliphatic rings. The van der Waals surface area contributed by atoms with Crippen LogP contribution in [0.2, 0.25) is 5.02 Å². The molecule has 4 aromatic rings. The third-order valence-corrected chi connectivity index (χ3v) is 5.00. The average molecular weight is 402 g/mol. The van der Waals surface area contributed by atoms with Gasteiger partial charge in [-0.3, -0.25) is 4.79 Å². The smallest absolute Gasteiger partial charge is 0.255 e. The molecular weight excluding hydrogens is 382 g/mol. The van der Waals surface area contributed by atoms with Gasteiger partial charge in [-0.05, 0) is 73.5 Å². The summed E-state index contributed by atoms with van der Waals surface area (Å²) in [6, 6.07) is 22.8. The number of fused-ring (bicyclic) bond motifs is 1. The molecule has 0 fully saturated rings. The normalized spacial score (nSPS) is 10.7. The number of nitrogens with one attached hydrogen (secondary N) is 2. The highest BCUT2D eigenvalue weighted by Gasteiger charge is 2.10. The molecule has 4 nitrogen and oxygen atoms in total. The molecule has 0 bridgehead atoms. The van der Waals surface area contributed by atoms with Crippen molar-refractivity contribution in [3.63, 3.8) is 0 Å². The second-order valence-electron chi connectivity index (χ2n) is 6.96. The lowest BCUT2D eigenvalue weighted by Gasteiger charge is -2.12. The number of pyridine rings is 1. The highest BCUT2D eigenvalue weighted by Crippen LogP contribution is 2.26. The Bertz CT molecular complexity index is 1220. The Labute approximate surface area is 174 Å². The van der Waals surface area contributed by atoms with Crippen LogP contribution in [0.5, 0.6) is 0 Å². The van der Waals surface area contributed by atoms with Crippen molar-refractivity contribution in [2.45, 2.75) is 13.8 Å². The van der Waals surface area contributed by atoms with Gasteiger partial charge in [0.05, 0.1) is 5.52 Å². The summed E-state index contributed by atoms with van der Waals surface area (Å²) in [5.74, 6) is 0.626. The number of carbonyl (C=O) groups is 1. The van der Waals surface area contributed by atoms with E-state index in [0.717, 1.165) is 39.2 Å². The molecule has 0 saturated carbocycles. The number of nitrogens with zero attached hydrogens (tertiary/aromatic N) is 1. The minimum absolute atomic E-state index is 0.118. The molecule has 4 rings (SSSR count). The second-order valence-corrected chi connectivity index (χ2v) is 7.40. The van der Waals surface area contributed by atoms with Gasteiger partial charge in [0.1, 0.15) is 5.82 Å². The molecular formula is C24H20ClN3O. The van der Waals surface area contributed by atoms with Gasteiger partial charge >= 0.3 is 0 Å². The molecule has 0 aliphatic carbocycles. The van der Waals surface area contributed by atoms with Gasteiger partial charge in [0.2, 0.25) is 0 Å². The highest BCUT2D eigenvalue weighted by molar-refractivity contribution is 6.30. The largest absolute Gasteiger partial charge is 0.340 e. The van der Waals surface area contributed by atoms with Crippen LogP contribution in [-0.4, -0.2) is 10.9 Å². The van der Waals surface area contributed by atoms with Crippen molar-refractivity contribution in [3.05, 3.63) is 94.5 Å². The van der Waals surface area contributed by atoms with Crippen molar-refractivity contribution in [2.75, 3.05) is 10.6 Å². The van der Waals surface area contributed by atoms with Crippen LogP contribution in [-0.2, 0) is 0 Å². The molecule has 0 spiro atoms. The van der Waals surface area contributed by atoms with E-state index in [-0.39, 0.29) is 5.91 Å². The quantitative estimate of drug-likeness (QED) is 0.410. The Morgan fingerprint density at radius 3 is 2.48 bits per heavy atom. The fourth-order valence-electron chi connectivity index (χ4n) is 3.28. The van der Waals surface area contributed by atoms with Crippen LogP contribution in [0, 0.1) is 13.8 Å². The molecule has 1 aromatic heterocycles. The third-order valence-electron chi connectivity index (χ3n) is 4.76. The van der Waals surface area contributed by atoms with E-state index < -0.39 is 0 Å². The predicted octanol–water partition coefficient (Wildman–Crippen LogP) is 6.50. The van der Waals surface area contributed by atoms with E-state index in [1.54, 1.807) is 0 Å². The average Bonchev–Trinajstić information content (AvgIpc) is 2.69. The third kappa shape index (κ3) is 4.23. The number of rotatable bonds is 4. The van der Waals surface area contributed by atoms with Gasteiger partial charge in [-0.25, -0.2) is 4.98 Å². The maximum Gasteiger partial charge on any atom is 0.255 e. The van der Waals surface area contributed by atoms with E-state index in [4.69, 9.17) is 11.6 Å². The minimum atomic E-state index is -0.118. The number of aromatic nitrogens is 1. The van der Waals surface area contributed by atoms with Gasteiger partial charge in [0, 0.05) is 27.3 Å². The lowest BCUT2D eigenvalue weighted by molar-refractivity contribution is 0.102. The van der Waals surface area contributed by atoms with E-state index in [1.807, 2.05) is 86.6 Å². The van der Waals surface area contributed by atoms with Crippen molar-refractivity contribution in [1.29, 1.82) is 0 Å². The number of hydrogen-bond donors (Lipinski definition) is 2. The van der Waals surface area contributed by atoms with Crippen LogP contribution < -0.4 is 10.6 Å². The standard InChI is InChI=1S/C24H20ClN3O/c1-15-6-3-4-9-20(15)24(29)27-19-10-11-22-21(14-19)16(2)12-23(28-22)26-18-8-5-7-17(25)13-18/h3-14H,1-2H3,(H,26,28)(H,27,29). The predicted molar refractivity (Wildman–Crippen MR) is 120 cm³/mol. The molecule has 144 valence electrons. The van der Waals surface area contributed by atoms with Gasteiger partial charge in [-0.2, -0.15) is 0 Å². The molecule has 1 amide bonds. The summed E-state index contributed by atoms with van der Waals surface area (Å²) in [6.07, 6.45) is 0. The van der Waals surface area contributed by atoms with E-state index in [2.05, 4.69) is 15.6 Å². The molecule has 29 heavy (non-hydrogen) atoms. The van der Waals surface area contributed by atoms with Gasteiger partial charge < -0.3 is 10.6 Å². The Hall–Kier alpha value is -3.37. The van der Waals surface area contributed by atoms with Crippen molar-refractivity contribution in [2.24, 2.45) is 0 Å². The molecule has 0 atom stereocenters. The molecule has 0 unspecified atom stereocenters. The van der Waals surface area contributed by atoms with E-state index in [9.17, 15) is 4.79 Å². The van der Waals surface area contributed by atoms with Gasteiger partial charge in [0.15, 0.2) is 0 Å². The van der Waals surface area contributed by atoms with Gasteiger partial charge in [-0.15, -0.1) is 0 Å². The first-order valence-electron chi connectivity index (χ1n) is 9.30. The zero-order valence-corrected chi connectivity index (χ0v) is 16.9. The molecule has 3 aromatic carbocycles. The van der Waals surface area contributed by atoms with Crippen molar-refractivity contribution in [1.82, 2.24) is 4.98 Å². The number of halogens is 1. The Balaban J connectivity index is 1.60. The number of amides is 1. The number of anilines is 3. The summed E-state index contributed by atoms with van der Waals surface area (Å²) < 4.78 is 0. The Morgan fingerprint density at radius 1 is 0.862 bits per heavy atom. The number of benzene rings is 3. The van der Waals surface area contributed by atoms with Crippen LogP contribution in [0.3, 0.4) is 0 Å². The van der Waals surface area contributed by atoms with E-state index in [0.29, 0.717) is 10.6 Å². The molecule has 1 heterocycles. The summed E-state index contributed by atoms with van der Waals surface area (Å²) in [4.78, 5) is 17.3. The first-order chi connectivity index (χ1) is 14.0. The number of hydrogen-bond acceptors (Lipinski definition) is 3. The Kier molecular flexibility index (Phi) is 5.19. The number of aryl methyl sites for hydroxylation is 2. The van der Waals surface area contributed by atoms with Crippen molar-refractivity contribution in [3.8, 4) is 0 Å². The lowest BCUT2D eigenvalue weighted by Crippen LogP contribution is -2.13. The summed E-state index contributed by atoms with van der Waals surface area (Å²) in [7, 11) is 0. The topological polar surface area (TPSA) is 54.0 Å². The molecule has 0 aliphatic heterocycles. The van der Waals surface area contributed by atoms with Crippen LogP contribution in [0.1, 0.15) is 21.5 Å². The molecule has 5 heteroatoms. The summed E-state index contributed by atoms with van der Waals surface area (Å²) >= 11 is 6.06. The van der Waals surface area contributed by atoms with Crippen LogP contribution in [0.25, 0.3) is 10.9 Å². The number of carbonyl (C=O) groups excluding carboxylic acids is 1. The molecule has 0 saturated heterocycles. The van der Waals surface area contributed by atoms with Crippen molar-refractivity contribution >= 4 is 45.6 Å². The fourth-order valence-corrected chi connectivity index (χ4v) is 3.47. The van der Waals surface area contributed by atoms with Crippen LogP contribution in [0.15, 0.2) is 72.8 Å². The summed E-state index contributed by atoms with van der Waals surface area (Å²) in [5, 5.41) is 7.93. The van der Waals surface area contributed by atoms with E-state index in [1.165, 1.54) is 0 Å². The minimum Gasteiger partial charge on any atom is -0.340 e. The first kappa shape index (κ1) is 19.0. The maximum absolute atomic E-state index is 12.6. The lowest BCUT2D eigenvalue weighted by atomic mass is 10.1. The van der Waals surface area contributed by atoms with E-state index >= 15 is 0 Å². The fraction of sp³-hybridized carbons (Fsp3) is 0.0833. The Morgan fingerprint density at radius 2 is 1.69 bits per heavy atom. The monoisotopic (exact) mass is 401 g/mol. The maximum atomic E-state index is 12.6. The summed E-state index contributed by atoms with van der Waals surface area (Å²) in [5.41, 5.74) is 5.15. The zero-order valence-electron chi connectivity index (χ0n) is 16.2. The molecule has 0 radical (unpaired) electrons. The first-order valence-corrected chi connectivity index (χ1v) is 9.68. The second kappa shape index (κ2) is 7.94.